The van der Waals surface area contributed by atoms with Crippen LogP contribution in [-0.4, -0.2) is 5.11 Å². The number of phenolic OH excluding ortho intramolecular Hbond substituents is 1. The fourth-order valence-corrected chi connectivity index (χ4v) is 3.60. The summed E-state index contributed by atoms with van der Waals surface area (Å²) in [5, 5.41) is 13.4. The van der Waals surface area contributed by atoms with Crippen LogP contribution in [0, 0.1) is 0 Å². The minimum absolute atomic E-state index is 0.109. The topological polar surface area (TPSA) is 32.3 Å². The van der Waals surface area contributed by atoms with E-state index in [4.69, 9.17) is 0 Å². The molecule has 2 nitrogen and oxygen atoms in total. The molecule has 2 N–H and O–H groups in total. The van der Waals surface area contributed by atoms with E-state index in [1.165, 1.54) is 22.3 Å². The average molecular weight is 237 g/mol. The van der Waals surface area contributed by atoms with Gasteiger partial charge in [-0.1, -0.05) is 30.3 Å². The second kappa shape index (κ2) is 3.15. The molecule has 0 spiro atoms. The molecule has 2 aliphatic heterocycles. The molecule has 0 radical (unpaired) electrons. The normalized spacial score (nSPS) is 27.7. The zero-order valence-electron chi connectivity index (χ0n) is 10.3. The van der Waals surface area contributed by atoms with Gasteiger partial charge in [0.1, 0.15) is 5.75 Å². The van der Waals surface area contributed by atoms with Gasteiger partial charge in [-0.2, -0.15) is 0 Å². The van der Waals surface area contributed by atoms with Crippen molar-refractivity contribution in [2.24, 2.45) is 0 Å². The lowest BCUT2D eigenvalue weighted by molar-refractivity contribution is 0.386. The van der Waals surface area contributed by atoms with Crippen molar-refractivity contribution in [1.82, 2.24) is 5.32 Å². The van der Waals surface area contributed by atoms with E-state index >= 15 is 0 Å². The second-order valence-corrected chi connectivity index (χ2v) is 5.45. The Morgan fingerprint density at radius 2 is 2.00 bits per heavy atom. The van der Waals surface area contributed by atoms with Crippen molar-refractivity contribution in [3.63, 3.8) is 0 Å². The fourth-order valence-electron chi connectivity index (χ4n) is 3.60. The largest absolute Gasteiger partial charge is 0.508 e. The number of aromatic hydroxyl groups is 1. The van der Waals surface area contributed by atoms with Gasteiger partial charge in [0.25, 0.3) is 0 Å². The monoisotopic (exact) mass is 237 g/mol. The van der Waals surface area contributed by atoms with Crippen LogP contribution in [-0.2, 0) is 12.0 Å². The van der Waals surface area contributed by atoms with Gasteiger partial charge in [-0.05, 0) is 47.7 Å². The van der Waals surface area contributed by atoms with Crippen LogP contribution in [0.1, 0.15) is 35.2 Å². The first kappa shape index (κ1) is 10.2. The zero-order valence-corrected chi connectivity index (χ0v) is 10.3. The van der Waals surface area contributed by atoms with Gasteiger partial charge in [-0.25, -0.2) is 0 Å². The molecule has 2 heterocycles. The third-order valence-corrected chi connectivity index (χ3v) is 4.39. The summed E-state index contributed by atoms with van der Waals surface area (Å²) >= 11 is 0. The minimum atomic E-state index is -0.109. The van der Waals surface area contributed by atoms with E-state index in [0.29, 0.717) is 11.8 Å². The van der Waals surface area contributed by atoms with E-state index in [1.807, 2.05) is 6.07 Å². The van der Waals surface area contributed by atoms with Crippen LogP contribution in [0.15, 0.2) is 42.5 Å². The summed E-state index contributed by atoms with van der Waals surface area (Å²) < 4.78 is 0. The summed E-state index contributed by atoms with van der Waals surface area (Å²) in [4.78, 5) is 0. The first-order valence-corrected chi connectivity index (χ1v) is 6.38. The van der Waals surface area contributed by atoms with Crippen molar-refractivity contribution < 1.29 is 5.11 Å². The summed E-state index contributed by atoms with van der Waals surface area (Å²) in [5.41, 5.74) is 5.22. The highest BCUT2D eigenvalue weighted by Crippen LogP contribution is 2.48. The molecule has 2 bridgehead atoms. The third-order valence-electron chi connectivity index (χ3n) is 4.39. The lowest BCUT2D eigenvalue weighted by Gasteiger charge is -2.34. The quantitative estimate of drug-likeness (QED) is 0.738. The van der Waals surface area contributed by atoms with Crippen molar-refractivity contribution >= 4 is 0 Å². The van der Waals surface area contributed by atoms with E-state index in [0.717, 1.165) is 6.42 Å². The molecule has 0 amide bonds. The van der Waals surface area contributed by atoms with Crippen LogP contribution in [0.2, 0.25) is 0 Å². The van der Waals surface area contributed by atoms with E-state index in [-0.39, 0.29) is 5.54 Å². The summed E-state index contributed by atoms with van der Waals surface area (Å²) in [6.07, 6.45) is 0.955. The molecular formula is C16H15NO. The van der Waals surface area contributed by atoms with Gasteiger partial charge in [0, 0.05) is 6.04 Å². The standard InChI is InChI=1S/C16H15NO/c1-16-13-7-6-11(18)8-10(13)9-15(17-16)12-4-2-3-5-14(12)16/h2-8,15,17-18H,9H2,1H3/t15-,16+/m0/s1. The molecule has 18 heavy (non-hydrogen) atoms. The van der Waals surface area contributed by atoms with Crippen molar-refractivity contribution in [2.45, 2.75) is 24.9 Å². The number of benzene rings is 2. The molecule has 90 valence electrons. The third kappa shape index (κ3) is 1.11. The Bertz CT molecular complexity index is 649. The molecule has 0 saturated heterocycles. The van der Waals surface area contributed by atoms with Crippen molar-refractivity contribution in [1.29, 1.82) is 0 Å². The number of hydrogen-bond acceptors (Lipinski definition) is 2. The number of phenols is 1. The highest BCUT2D eigenvalue weighted by molar-refractivity contribution is 5.55. The summed E-state index contributed by atoms with van der Waals surface area (Å²) in [6.45, 7) is 2.24. The molecule has 0 unspecified atom stereocenters. The maximum atomic E-state index is 9.66. The predicted octanol–water partition coefficient (Wildman–Crippen LogP) is 2.86. The second-order valence-electron chi connectivity index (χ2n) is 5.45. The molecule has 0 aromatic heterocycles. The molecule has 4 rings (SSSR count). The minimum Gasteiger partial charge on any atom is -0.508 e. The molecule has 0 saturated carbocycles. The average Bonchev–Trinajstić information content (AvgIpc) is 2.60. The van der Waals surface area contributed by atoms with Gasteiger partial charge < -0.3 is 5.11 Å². The van der Waals surface area contributed by atoms with Crippen LogP contribution in [0.5, 0.6) is 5.75 Å². The fraction of sp³-hybridized carbons (Fsp3) is 0.250. The van der Waals surface area contributed by atoms with Gasteiger partial charge in [0.05, 0.1) is 5.54 Å². The number of nitrogens with one attached hydrogen (secondary N) is 1. The van der Waals surface area contributed by atoms with E-state index in [2.05, 4.69) is 42.6 Å². The molecule has 2 atom stereocenters. The number of fused-ring (bicyclic) bond motifs is 7. The Kier molecular flexibility index (Phi) is 1.78. The Morgan fingerprint density at radius 1 is 1.17 bits per heavy atom. The maximum absolute atomic E-state index is 9.66. The molecule has 2 aliphatic rings. The van der Waals surface area contributed by atoms with Crippen LogP contribution < -0.4 is 5.32 Å². The zero-order chi connectivity index (χ0) is 12.3. The van der Waals surface area contributed by atoms with Crippen molar-refractivity contribution in [2.75, 3.05) is 0 Å². The number of rotatable bonds is 0. The van der Waals surface area contributed by atoms with Crippen LogP contribution >= 0.6 is 0 Å². The van der Waals surface area contributed by atoms with Crippen LogP contribution in [0.25, 0.3) is 0 Å². The number of hydrogen-bond donors (Lipinski definition) is 2. The SMILES string of the molecule is C[C@@]12N[C@@H](Cc3cc(O)ccc31)c1ccccc12. The van der Waals surface area contributed by atoms with Gasteiger partial charge >= 0.3 is 0 Å². The maximum Gasteiger partial charge on any atom is 0.115 e. The Hall–Kier alpha value is -1.80. The molecule has 0 aliphatic carbocycles. The van der Waals surface area contributed by atoms with Crippen molar-refractivity contribution in [3.05, 3.63) is 64.7 Å². The Balaban J connectivity index is 2.02. The van der Waals surface area contributed by atoms with Gasteiger partial charge in [0.2, 0.25) is 0 Å². The Morgan fingerprint density at radius 3 is 2.89 bits per heavy atom. The Labute approximate surface area is 106 Å². The lowest BCUT2D eigenvalue weighted by atomic mass is 9.82. The summed E-state index contributed by atoms with van der Waals surface area (Å²) in [5.74, 6) is 0.364. The van der Waals surface area contributed by atoms with E-state index in [1.54, 1.807) is 6.07 Å². The molecular weight excluding hydrogens is 222 g/mol. The van der Waals surface area contributed by atoms with Gasteiger partial charge in [0.15, 0.2) is 0 Å². The first-order valence-electron chi connectivity index (χ1n) is 6.38. The van der Waals surface area contributed by atoms with Crippen molar-refractivity contribution in [3.8, 4) is 5.75 Å². The van der Waals surface area contributed by atoms with Crippen LogP contribution in [0.4, 0.5) is 0 Å². The van der Waals surface area contributed by atoms with Gasteiger partial charge in [-0.15, -0.1) is 0 Å². The van der Waals surface area contributed by atoms with Crippen LogP contribution in [0.3, 0.4) is 0 Å². The lowest BCUT2D eigenvalue weighted by Crippen LogP contribution is -2.41. The smallest absolute Gasteiger partial charge is 0.115 e. The highest BCUT2D eigenvalue weighted by Gasteiger charge is 2.45. The molecule has 2 aromatic rings. The highest BCUT2D eigenvalue weighted by atomic mass is 16.3. The first-order chi connectivity index (χ1) is 8.68. The summed E-state index contributed by atoms with van der Waals surface area (Å²) in [7, 11) is 0. The van der Waals surface area contributed by atoms with Gasteiger partial charge in [-0.3, -0.25) is 5.32 Å². The van der Waals surface area contributed by atoms with E-state index in [9.17, 15) is 5.11 Å². The summed E-state index contributed by atoms with van der Waals surface area (Å²) in [6, 6.07) is 14.8. The molecule has 0 fully saturated rings. The predicted molar refractivity (Wildman–Crippen MR) is 70.6 cm³/mol. The molecule has 2 heteroatoms. The van der Waals surface area contributed by atoms with E-state index < -0.39 is 0 Å². The molecule has 2 aromatic carbocycles.